The second kappa shape index (κ2) is 8.43. The van der Waals surface area contributed by atoms with Gasteiger partial charge in [-0.3, -0.25) is 0 Å². The molecule has 100 valence electrons. The fraction of sp³-hybridized carbons (Fsp3) is 0.500. The van der Waals surface area contributed by atoms with Crippen molar-refractivity contribution in [3.8, 4) is 5.88 Å². The van der Waals surface area contributed by atoms with Crippen molar-refractivity contribution in [3.63, 3.8) is 0 Å². The average molecular weight is 255 g/mol. The van der Waals surface area contributed by atoms with Crippen molar-refractivity contribution in [1.82, 2.24) is 4.98 Å². The van der Waals surface area contributed by atoms with Crippen LogP contribution in [0.4, 0.5) is 0 Å². The van der Waals surface area contributed by atoms with Crippen molar-refractivity contribution in [2.45, 2.75) is 6.42 Å². The van der Waals surface area contributed by atoms with Crippen LogP contribution in [0.2, 0.25) is 0 Å². The molecule has 6 nitrogen and oxygen atoms in total. The largest absolute Gasteiger partial charge is 0.477 e. The van der Waals surface area contributed by atoms with E-state index in [0.717, 1.165) is 0 Å². The lowest BCUT2D eigenvalue weighted by Crippen LogP contribution is -2.09. The van der Waals surface area contributed by atoms with Crippen LogP contribution in [0.25, 0.3) is 0 Å². The van der Waals surface area contributed by atoms with Crippen LogP contribution in [0.15, 0.2) is 18.3 Å². The maximum Gasteiger partial charge on any atom is 0.341 e. The Hall–Kier alpha value is -1.66. The van der Waals surface area contributed by atoms with Crippen LogP contribution in [0.5, 0.6) is 5.88 Å². The van der Waals surface area contributed by atoms with Gasteiger partial charge in [-0.2, -0.15) is 0 Å². The minimum absolute atomic E-state index is 0.0674. The first kappa shape index (κ1) is 14.4. The highest BCUT2D eigenvalue weighted by Crippen LogP contribution is 2.13. The molecule has 0 saturated heterocycles. The van der Waals surface area contributed by atoms with Crippen molar-refractivity contribution in [3.05, 3.63) is 23.9 Å². The normalized spacial score (nSPS) is 10.3. The molecule has 0 bridgehead atoms. The van der Waals surface area contributed by atoms with Crippen molar-refractivity contribution in [2.75, 3.05) is 33.5 Å². The molecule has 0 atom stereocenters. The Labute approximate surface area is 106 Å². The molecule has 6 heteroatoms. The molecule has 0 aliphatic heterocycles. The number of hydrogen-bond donors (Lipinski definition) is 1. The number of methoxy groups -OCH3 is 1. The van der Waals surface area contributed by atoms with E-state index >= 15 is 0 Å². The molecule has 0 spiro atoms. The Kier molecular flexibility index (Phi) is 6.75. The summed E-state index contributed by atoms with van der Waals surface area (Å²) in [5, 5.41) is 8.91. The quantitative estimate of drug-likeness (QED) is 0.668. The minimum Gasteiger partial charge on any atom is -0.477 e. The van der Waals surface area contributed by atoms with Gasteiger partial charge in [-0.15, -0.1) is 0 Å². The number of aromatic nitrogens is 1. The van der Waals surface area contributed by atoms with Gasteiger partial charge in [-0.25, -0.2) is 9.78 Å². The summed E-state index contributed by atoms with van der Waals surface area (Å²) in [6, 6.07) is 3.02. The van der Waals surface area contributed by atoms with Gasteiger partial charge >= 0.3 is 5.97 Å². The SMILES string of the molecule is COCCOCCCOc1ncccc1C(=O)O. The van der Waals surface area contributed by atoms with E-state index in [0.29, 0.717) is 32.8 Å². The Morgan fingerprint density at radius 2 is 2.17 bits per heavy atom. The molecule has 0 radical (unpaired) electrons. The first-order valence-electron chi connectivity index (χ1n) is 5.63. The number of ether oxygens (including phenoxy) is 3. The minimum atomic E-state index is -1.05. The van der Waals surface area contributed by atoms with Crippen molar-refractivity contribution >= 4 is 5.97 Å². The van der Waals surface area contributed by atoms with E-state index in [9.17, 15) is 4.79 Å². The van der Waals surface area contributed by atoms with Gasteiger partial charge in [0.2, 0.25) is 5.88 Å². The van der Waals surface area contributed by atoms with E-state index in [4.69, 9.17) is 19.3 Å². The predicted molar refractivity (Wildman–Crippen MR) is 64.0 cm³/mol. The maximum atomic E-state index is 10.9. The van der Waals surface area contributed by atoms with Crippen LogP contribution in [0.3, 0.4) is 0 Å². The maximum absolute atomic E-state index is 10.9. The van der Waals surface area contributed by atoms with Gasteiger partial charge < -0.3 is 19.3 Å². The second-order valence-electron chi connectivity index (χ2n) is 3.47. The summed E-state index contributed by atoms with van der Waals surface area (Å²) in [6.45, 7) is 2.01. The highest BCUT2D eigenvalue weighted by molar-refractivity contribution is 5.90. The number of hydrogen-bond acceptors (Lipinski definition) is 5. The van der Waals surface area contributed by atoms with Crippen LogP contribution in [-0.4, -0.2) is 49.6 Å². The molecular formula is C12H17NO5. The van der Waals surface area contributed by atoms with Crippen molar-refractivity contribution in [1.29, 1.82) is 0 Å². The second-order valence-corrected chi connectivity index (χ2v) is 3.47. The van der Waals surface area contributed by atoms with Crippen LogP contribution >= 0.6 is 0 Å². The molecule has 0 unspecified atom stereocenters. The Bertz CT molecular complexity index is 369. The summed E-state index contributed by atoms with van der Waals surface area (Å²) in [7, 11) is 1.61. The average Bonchev–Trinajstić information content (AvgIpc) is 2.38. The van der Waals surface area contributed by atoms with Crippen molar-refractivity contribution in [2.24, 2.45) is 0 Å². The number of pyridine rings is 1. The van der Waals surface area contributed by atoms with E-state index in [1.54, 1.807) is 13.2 Å². The van der Waals surface area contributed by atoms with Gasteiger partial charge in [0.1, 0.15) is 5.56 Å². The molecule has 0 aromatic carbocycles. The molecular weight excluding hydrogens is 238 g/mol. The summed E-state index contributed by atoms with van der Waals surface area (Å²) in [5.74, 6) is -0.906. The fourth-order valence-electron chi connectivity index (χ4n) is 1.24. The first-order valence-corrected chi connectivity index (χ1v) is 5.63. The zero-order valence-electron chi connectivity index (χ0n) is 10.3. The Morgan fingerprint density at radius 3 is 2.89 bits per heavy atom. The summed E-state index contributed by atoms with van der Waals surface area (Å²) in [4.78, 5) is 14.8. The fourth-order valence-corrected chi connectivity index (χ4v) is 1.24. The highest BCUT2D eigenvalue weighted by Gasteiger charge is 2.11. The third-order valence-corrected chi connectivity index (χ3v) is 2.11. The summed E-state index contributed by atoms with van der Waals surface area (Å²) < 4.78 is 15.4. The molecule has 0 aliphatic rings. The number of nitrogens with zero attached hydrogens (tertiary/aromatic N) is 1. The van der Waals surface area contributed by atoms with Crippen LogP contribution in [-0.2, 0) is 9.47 Å². The summed E-state index contributed by atoms with van der Waals surface area (Å²) in [6.07, 6.45) is 2.16. The lowest BCUT2D eigenvalue weighted by Gasteiger charge is -2.07. The molecule has 0 fully saturated rings. The van der Waals surface area contributed by atoms with Gasteiger partial charge in [0.05, 0.1) is 19.8 Å². The third kappa shape index (κ3) is 5.11. The number of carboxylic acids is 1. The Balaban J connectivity index is 2.25. The van der Waals surface area contributed by atoms with Gasteiger partial charge in [0.25, 0.3) is 0 Å². The third-order valence-electron chi connectivity index (χ3n) is 2.11. The number of carbonyl (C=O) groups is 1. The highest BCUT2D eigenvalue weighted by atomic mass is 16.5. The number of rotatable bonds is 9. The molecule has 1 N–H and O–H groups in total. The molecule has 18 heavy (non-hydrogen) atoms. The lowest BCUT2D eigenvalue weighted by atomic mass is 10.3. The monoisotopic (exact) mass is 255 g/mol. The van der Waals surface area contributed by atoms with Crippen LogP contribution in [0, 0.1) is 0 Å². The standard InChI is InChI=1S/C12H17NO5/c1-16-8-9-17-6-3-7-18-11-10(12(14)15)4-2-5-13-11/h2,4-5H,3,6-9H2,1H3,(H,14,15). The van der Waals surface area contributed by atoms with E-state index < -0.39 is 5.97 Å². The predicted octanol–water partition coefficient (Wildman–Crippen LogP) is 1.21. The van der Waals surface area contributed by atoms with Crippen LogP contribution in [0.1, 0.15) is 16.8 Å². The molecule has 1 heterocycles. The molecule has 1 aromatic heterocycles. The van der Waals surface area contributed by atoms with Crippen LogP contribution < -0.4 is 4.74 Å². The molecule has 0 amide bonds. The van der Waals surface area contributed by atoms with E-state index in [1.807, 2.05) is 0 Å². The zero-order valence-corrected chi connectivity index (χ0v) is 10.3. The van der Waals surface area contributed by atoms with Crippen molar-refractivity contribution < 1.29 is 24.1 Å². The zero-order chi connectivity index (χ0) is 13.2. The first-order chi connectivity index (χ1) is 8.75. The van der Waals surface area contributed by atoms with Gasteiger partial charge in [-0.1, -0.05) is 0 Å². The van der Waals surface area contributed by atoms with Gasteiger partial charge in [0.15, 0.2) is 0 Å². The van der Waals surface area contributed by atoms with E-state index in [1.165, 1.54) is 12.3 Å². The summed E-state index contributed by atoms with van der Waals surface area (Å²) in [5.41, 5.74) is 0.0674. The molecule has 1 rings (SSSR count). The summed E-state index contributed by atoms with van der Waals surface area (Å²) >= 11 is 0. The molecule has 1 aromatic rings. The molecule has 0 aliphatic carbocycles. The topological polar surface area (TPSA) is 77.9 Å². The Morgan fingerprint density at radius 1 is 1.33 bits per heavy atom. The number of carboxylic acid groups (broad SMARTS) is 1. The van der Waals surface area contributed by atoms with Gasteiger partial charge in [-0.05, 0) is 12.1 Å². The lowest BCUT2D eigenvalue weighted by molar-refractivity contribution is 0.0634. The molecule has 0 saturated carbocycles. The van der Waals surface area contributed by atoms with Gasteiger partial charge in [0, 0.05) is 26.3 Å². The smallest absolute Gasteiger partial charge is 0.341 e. The van der Waals surface area contributed by atoms with E-state index in [-0.39, 0.29) is 11.4 Å². The van der Waals surface area contributed by atoms with E-state index in [2.05, 4.69) is 4.98 Å². The number of aromatic carboxylic acids is 1.